The van der Waals surface area contributed by atoms with Crippen LogP contribution in [0.15, 0.2) is 24.3 Å². The minimum Gasteiger partial charge on any atom is -0.495 e. The third-order valence-corrected chi connectivity index (χ3v) is 4.44. The van der Waals surface area contributed by atoms with E-state index in [1.807, 2.05) is 24.3 Å². The van der Waals surface area contributed by atoms with Crippen LogP contribution in [0.3, 0.4) is 0 Å². The van der Waals surface area contributed by atoms with Gasteiger partial charge in [-0.05, 0) is 37.4 Å². The topological polar surface area (TPSA) is 41.6 Å². The maximum Gasteiger partial charge on any atom is 0.238 e. The van der Waals surface area contributed by atoms with Crippen molar-refractivity contribution >= 4 is 11.6 Å². The summed E-state index contributed by atoms with van der Waals surface area (Å²) in [7, 11) is 1.62. The van der Waals surface area contributed by atoms with Gasteiger partial charge in [-0.2, -0.15) is 0 Å². The van der Waals surface area contributed by atoms with E-state index < -0.39 is 0 Å². The van der Waals surface area contributed by atoms with Gasteiger partial charge in [-0.1, -0.05) is 38.3 Å². The Balaban J connectivity index is 1.86. The van der Waals surface area contributed by atoms with Crippen LogP contribution < -0.4 is 10.1 Å². The number of anilines is 1. The number of nitrogens with one attached hydrogen (secondary N) is 1. The Morgan fingerprint density at radius 2 is 2.00 bits per heavy atom. The van der Waals surface area contributed by atoms with Gasteiger partial charge < -0.3 is 10.1 Å². The van der Waals surface area contributed by atoms with E-state index in [1.54, 1.807) is 7.11 Å². The summed E-state index contributed by atoms with van der Waals surface area (Å²) in [6, 6.07) is 7.52. The van der Waals surface area contributed by atoms with Crippen LogP contribution in [0.1, 0.15) is 39.0 Å². The first-order valence-corrected chi connectivity index (χ1v) is 8.38. The smallest absolute Gasteiger partial charge is 0.238 e. The predicted octanol–water partition coefficient (Wildman–Crippen LogP) is 3.54. The summed E-state index contributed by atoms with van der Waals surface area (Å²) in [5.41, 5.74) is 0.740. The second-order valence-corrected chi connectivity index (χ2v) is 6.08. The highest BCUT2D eigenvalue weighted by molar-refractivity contribution is 5.93. The molecule has 4 heteroatoms. The van der Waals surface area contributed by atoms with E-state index in [1.165, 1.54) is 32.1 Å². The van der Waals surface area contributed by atoms with Crippen LogP contribution in [0.25, 0.3) is 0 Å². The zero-order valence-electron chi connectivity index (χ0n) is 13.8. The molecule has 1 aliphatic rings. The molecule has 0 spiro atoms. The number of carbonyl (C=O) groups is 1. The van der Waals surface area contributed by atoms with Gasteiger partial charge in [0.25, 0.3) is 0 Å². The van der Waals surface area contributed by atoms with Crippen molar-refractivity contribution in [1.29, 1.82) is 0 Å². The van der Waals surface area contributed by atoms with Crippen molar-refractivity contribution in [3.05, 3.63) is 24.3 Å². The minimum atomic E-state index is 0.0298. The Morgan fingerprint density at radius 1 is 1.27 bits per heavy atom. The van der Waals surface area contributed by atoms with Crippen molar-refractivity contribution in [3.8, 4) is 5.75 Å². The van der Waals surface area contributed by atoms with Crippen LogP contribution in [-0.4, -0.2) is 37.6 Å². The Hall–Kier alpha value is -1.55. The Kier molecular flexibility index (Phi) is 6.72. The van der Waals surface area contributed by atoms with E-state index in [9.17, 15) is 4.79 Å². The summed E-state index contributed by atoms with van der Waals surface area (Å²) >= 11 is 0. The monoisotopic (exact) mass is 304 g/mol. The van der Waals surface area contributed by atoms with Crippen LogP contribution >= 0.6 is 0 Å². The third-order valence-electron chi connectivity index (χ3n) is 4.44. The van der Waals surface area contributed by atoms with Crippen molar-refractivity contribution in [2.75, 3.05) is 32.1 Å². The molecule has 1 fully saturated rings. The molecule has 1 amide bonds. The molecule has 0 aliphatic heterocycles. The first-order chi connectivity index (χ1) is 10.7. The molecule has 1 aromatic rings. The van der Waals surface area contributed by atoms with E-state index in [4.69, 9.17) is 4.74 Å². The fourth-order valence-corrected chi connectivity index (χ4v) is 3.18. The van der Waals surface area contributed by atoms with Crippen molar-refractivity contribution in [2.24, 2.45) is 5.92 Å². The van der Waals surface area contributed by atoms with Gasteiger partial charge in [0.15, 0.2) is 0 Å². The fourth-order valence-electron chi connectivity index (χ4n) is 3.18. The van der Waals surface area contributed by atoms with E-state index >= 15 is 0 Å². The lowest BCUT2D eigenvalue weighted by Gasteiger charge is -2.28. The molecule has 22 heavy (non-hydrogen) atoms. The zero-order valence-corrected chi connectivity index (χ0v) is 13.8. The first kappa shape index (κ1) is 16.8. The molecule has 1 N–H and O–H groups in total. The Bertz CT molecular complexity index is 470. The van der Waals surface area contributed by atoms with Gasteiger partial charge in [0.2, 0.25) is 5.91 Å². The summed E-state index contributed by atoms with van der Waals surface area (Å²) in [6.07, 6.45) is 6.68. The van der Waals surface area contributed by atoms with Crippen LogP contribution in [0.4, 0.5) is 5.69 Å². The van der Waals surface area contributed by atoms with Gasteiger partial charge in [0.1, 0.15) is 5.75 Å². The van der Waals surface area contributed by atoms with Crippen LogP contribution in [0.2, 0.25) is 0 Å². The number of amides is 1. The number of hydrogen-bond acceptors (Lipinski definition) is 3. The number of likely N-dealkylation sites (N-methyl/N-ethyl adjacent to an activating group) is 1. The first-order valence-electron chi connectivity index (χ1n) is 8.38. The highest BCUT2D eigenvalue weighted by Gasteiger charge is 2.18. The zero-order chi connectivity index (χ0) is 15.8. The maximum atomic E-state index is 12.3. The van der Waals surface area contributed by atoms with E-state index in [2.05, 4.69) is 17.1 Å². The van der Waals surface area contributed by atoms with Gasteiger partial charge >= 0.3 is 0 Å². The lowest BCUT2D eigenvalue weighted by atomic mass is 9.89. The van der Waals surface area contributed by atoms with Gasteiger partial charge in [0, 0.05) is 6.54 Å². The molecule has 0 bridgehead atoms. The Labute approximate surface area is 133 Å². The second kappa shape index (κ2) is 8.79. The maximum absolute atomic E-state index is 12.3. The number of benzene rings is 1. The third kappa shape index (κ3) is 5.02. The average Bonchev–Trinajstić information content (AvgIpc) is 2.55. The number of methoxy groups -OCH3 is 1. The molecule has 0 unspecified atom stereocenters. The molecule has 1 saturated carbocycles. The van der Waals surface area contributed by atoms with Gasteiger partial charge in [-0.25, -0.2) is 0 Å². The van der Waals surface area contributed by atoms with E-state index in [0.717, 1.165) is 24.7 Å². The summed E-state index contributed by atoms with van der Waals surface area (Å²) in [4.78, 5) is 14.5. The normalized spacial score (nSPS) is 15.8. The van der Waals surface area contributed by atoms with Crippen molar-refractivity contribution in [3.63, 3.8) is 0 Å². The molecular formula is C18H28N2O2. The molecule has 0 radical (unpaired) electrons. The fraction of sp³-hybridized carbons (Fsp3) is 0.611. The highest BCUT2D eigenvalue weighted by Crippen LogP contribution is 2.25. The van der Waals surface area contributed by atoms with Gasteiger partial charge in [-0.3, -0.25) is 9.69 Å². The number of carbonyl (C=O) groups excluding carboxylic acids is 1. The molecule has 0 saturated heterocycles. The van der Waals surface area contributed by atoms with Crippen molar-refractivity contribution in [1.82, 2.24) is 4.90 Å². The molecule has 0 heterocycles. The Morgan fingerprint density at radius 3 is 2.68 bits per heavy atom. The summed E-state index contributed by atoms with van der Waals surface area (Å²) in [5.74, 6) is 1.49. The van der Waals surface area contributed by atoms with Crippen LogP contribution in [0.5, 0.6) is 5.75 Å². The molecule has 0 atom stereocenters. The van der Waals surface area contributed by atoms with Crippen LogP contribution in [0, 0.1) is 5.92 Å². The lowest BCUT2D eigenvalue weighted by Crippen LogP contribution is -2.37. The number of para-hydroxylation sites is 2. The summed E-state index contributed by atoms with van der Waals surface area (Å²) < 4.78 is 5.27. The SMILES string of the molecule is CCN(CC(=O)Nc1ccccc1OC)CC1CCCCC1. The minimum absolute atomic E-state index is 0.0298. The molecule has 0 aromatic heterocycles. The highest BCUT2D eigenvalue weighted by atomic mass is 16.5. The number of rotatable bonds is 7. The quantitative estimate of drug-likeness (QED) is 0.838. The van der Waals surface area contributed by atoms with Crippen molar-refractivity contribution in [2.45, 2.75) is 39.0 Å². The van der Waals surface area contributed by atoms with Gasteiger partial charge in [-0.15, -0.1) is 0 Å². The van der Waals surface area contributed by atoms with Gasteiger partial charge in [0.05, 0.1) is 19.3 Å². The van der Waals surface area contributed by atoms with Crippen molar-refractivity contribution < 1.29 is 9.53 Å². The van der Waals surface area contributed by atoms with E-state index in [0.29, 0.717) is 12.3 Å². The molecule has 1 aliphatic carbocycles. The van der Waals surface area contributed by atoms with E-state index in [-0.39, 0.29) is 5.91 Å². The summed E-state index contributed by atoms with van der Waals surface area (Å²) in [6.45, 7) is 4.52. The molecule has 1 aromatic carbocycles. The van der Waals surface area contributed by atoms with Crippen LogP contribution in [-0.2, 0) is 4.79 Å². The number of ether oxygens (including phenoxy) is 1. The predicted molar refractivity (Wildman–Crippen MR) is 90.3 cm³/mol. The molecule has 122 valence electrons. The number of hydrogen-bond donors (Lipinski definition) is 1. The summed E-state index contributed by atoms with van der Waals surface area (Å²) in [5, 5.41) is 2.96. The second-order valence-electron chi connectivity index (χ2n) is 6.08. The average molecular weight is 304 g/mol. The molecular weight excluding hydrogens is 276 g/mol. The molecule has 4 nitrogen and oxygen atoms in total. The molecule has 2 rings (SSSR count). The number of nitrogens with zero attached hydrogens (tertiary/aromatic N) is 1. The largest absolute Gasteiger partial charge is 0.495 e. The lowest BCUT2D eigenvalue weighted by molar-refractivity contribution is -0.117. The standard InChI is InChI=1S/C18H28N2O2/c1-3-20(13-15-9-5-4-6-10-15)14-18(21)19-16-11-7-8-12-17(16)22-2/h7-8,11-12,15H,3-6,9-10,13-14H2,1-2H3,(H,19,21).